The molecule has 2 amide bonds. The Balaban J connectivity index is 2.56. The molecule has 1 aliphatic heterocycles. The van der Waals surface area contributed by atoms with E-state index in [4.69, 9.17) is 5.11 Å². The van der Waals surface area contributed by atoms with Crippen molar-refractivity contribution in [2.45, 2.75) is 46.1 Å². The number of carboxylic acids is 1. The molecule has 0 spiro atoms. The number of aliphatic carboxylic acids is 1. The zero-order valence-electron chi connectivity index (χ0n) is 12.4. The van der Waals surface area contributed by atoms with Gasteiger partial charge in [0, 0.05) is 19.5 Å². The molecule has 0 saturated carbocycles. The number of hydrogen-bond acceptors (Lipinski definition) is 3. The summed E-state index contributed by atoms with van der Waals surface area (Å²) < 4.78 is 0. The maximum atomic E-state index is 12.1. The molecule has 114 valence electrons. The highest BCUT2D eigenvalue weighted by molar-refractivity contribution is 5.91. The van der Waals surface area contributed by atoms with Crippen LogP contribution in [0.25, 0.3) is 0 Å². The highest BCUT2D eigenvalue weighted by Gasteiger charge is 2.35. The van der Waals surface area contributed by atoms with Crippen LogP contribution in [0.15, 0.2) is 0 Å². The molecule has 0 bridgehead atoms. The smallest absolute Gasteiger partial charge is 0.326 e. The van der Waals surface area contributed by atoms with Gasteiger partial charge in [0.2, 0.25) is 11.8 Å². The van der Waals surface area contributed by atoms with E-state index in [9.17, 15) is 14.4 Å². The van der Waals surface area contributed by atoms with Crippen molar-refractivity contribution < 1.29 is 19.5 Å². The quantitative estimate of drug-likeness (QED) is 0.726. The first-order valence-electron chi connectivity index (χ1n) is 7.16. The lowest BCUT2D eigenvalue weighted by atomic mass is 10.1. The Bertz CT molecular complexity index is 381. The molecule has 20 heavy (non-hydrogen) atoms. The van der Waals surface area contributed by atoms with Crippen LogP contribution in [0.5, 0.6) is 0 Å². The van der Waals surface area contributed by atoms with Crippen LogP contribution in [-0.2, 0) is 14.4 Å². The third kappa shape index (κ3) is 4.51. The maximum absolute atomic E-state index is 12.1. The molecule has 2 atom stereocenters. The Morgan fingerprint density at radius 2 is 2.10 bits per heavy atom. The third-order valence-electron chi connectivity index (χ3n) is 3.36. The molecule has 0 aromatic carbocycles. The molecular weight excluding hydrogens is 260 g/mol. The summed E-state index contributed by atoms with van der Waals surface area (Å²) in [6, 6.07) is -0.859. The second-order valence-corrected chi connectivity index (χ2v) is 5.78. The summed E-state index contributed by atoms with van der Waals surface area (Å²) in [6.45, 7) is 6.93. The average molecular weight is 284 g/mol. The number of likely N-dealkylation sites (tertiary alicyclic amines) is 1. The van der Waals surface area contributed by atoms with Crippen molar-refractivity contribution in [3.63, 3.8) is 0 Å². The Kier molecular flexibility index (Phi) is 5.98. The van der Waals surface area contributed by atoms with Gasteiger partial charge in [-0.1, -0.05) is 27.2 Å². The molecule has 6 heteroatoms. The minimum Gasteiger partial charge on any atom is -0.480 e. The van der Waals surface area contributed by atoms with E-state index in [1.165, 1.54) is 0 Å². The van der Waals surface area contributed by atoms with Crippen molar-refractivity contribution in [3.05, 3.63) is 0 Å². The Morgan fingerprint density at radius 1 is 1.45 bits per heavy atom. The highest BCUT2D eigenvalue weighted by atomic mass is 16.4. The van der Waals surface area contributed by atoms with Crippen molar-refractivity contribution in [1.29, 1.82) is 0 Å². The van der Waals surface area contributed by atoms with Gasteiger partial charge in [-0.05, 0) is 12.3 Å². The van der Waals surface area contributed by atoms with Crippen LogP contribution < -0.4 is 5.32 Å². The van der Waals surface area contributed by atoms with Crippen LogP contribution in [0.3, 0.4) is 0 Å². The maximum Gasteiger partial charge on any atom is 0.326 e. The first-order chi connectivity index (χ1) is 9.35. The van der Waals surface area contributed by atoms with Gasteiger partial charge in [-0.2, -0.15) is 0 Å². The number of nitrogens with zero attached hydrogens (tertiary/aromatic N) is 1. The summed E-state index contributed by atoms with van der Waals surface area (Å²) in [6.07, 6.45) is 1.26. The molecular formula is C14H24N2O4. The predicted octanol–water partition coefficient (Wildman–Crippen LogP) is 0.860. The first kappa shape index (κ1) is 16.5. The van der Waals surface area contributed by atoms with Gasteiger partial charge in [0.1, 0.15) is 6.04 Å². The van der Waals surface area contributed by atoms with E-state index < -0.39 is 17.9 Å². The molecule has 1 fully saturated rings. The molecule has 1 unspecified atom stereocenters. The van der Waals surface area contributed by atoms with Crippen LogP contribution in [0.4, 0.5) is 0 Å². The second kappa shape index (κ2) is 7.26. The van der Waals surface area contributed by atoms with Gasteiger partial charge >= 0.3 is 5.97 Å². The van der Waals surface area contributed by atoms with E-state index in [2.05, 4.69) is 5.32 Å². The summed E-state index contributed by atoms with van der Waals surface area (Å²) in [7, 11) is 0. The normalized spacial score (nSPS) is 20.3. The number of rotatable bonds is 7. The average Bonchev–Trinajstić information content (AvgIpc) is 2.69. The number of carboxylic acid groups (broad SMARTS) is 1. The molecule has 1 rings (SSSR count). The van der Waals surface area contributed by atoms with Gasteiger partial charge < -0.3 is 15.3 Å². The van der Waals surface area contributed by atoms with Gasteiger partial charge in [0.25, 0.3) is 0 Å². The van der Waals surface area contributed by atoms with Crippen LogP contribution in [-0.4, -0.2) is 46.9 Å². The van der Waals surface area contributed by atoms with Crippen molar-refractivity contribution >= 4 is 17.8 Å². The molecule has 1 aliphatic rings. The van der Waals surface area contributed by atoms with E-state index >= 15 is 0 Å². The topological polar surface area (TPSA) is 86.7 Å². The molecule has 1 saturated heterocycles. The molecule has 0 aromatic heterocycles. The van der Waals surface area contributed by atoms with E-state index in [0.717, 1.165) is 0 Å². The minimum absolute atomic E-state index is 0.0267. The molecule has 6 nitrogen and oxygen atoms in total. The first-order valence-corrected chi connectivity index (χ1v) is 7.16. The van der Waals surface area contributed by atoms with Crippen molar-refractivity contribution in [3.8, 4) is 0 Å². The monoisotopic (exact) mass is 284 g/mol. The van der Waals surface area contributed by atoms with Gasteiger partial charge in [-0.15, -0.1) is 0 Å². The summed E-state index contributed by atoms with van der Waals surface area (Å²) in [5, 5.41) is 11.6. The number of carbonyl (C=O) groups is 3. The fraction of sp³-hybridized carbons (Fsp3) is 0.786. The number of nitrogens with one attached hydrogen (secondary N) is 1. The van der Waals surface area contributed by atoms with Crippen LogP contribution in [0.2, 0.25) is 0 Å². The number of amides is 2. The summed E-state index contributed by atoms with van der Waals surface area (Å²) in [4.78, 5) is 36.6. The zero-order chi connectivity index (χ0) is 15.3. The van der Waals surface area contributed by atoms with Crippen LogP contribution in [0, 0.1) is 11.8 Å². The Morgan fingerprint density at radius 3 is 2.60 bits per heavy atom. The van der Waals surface area contributed by atoms with Crippen LogP contribution in [0.1, 0.15) is 40.0 Å². The van der Waals surface area contributed by atoms with Crippen molar-refractivity contribution in [1.82, 2.24) is 10.2 Å². The number of hydrogen-bond donors (Lipinski definition) is 2. The van der Waals surface area contributed by atoms with Gasteiger partial charge in [0.15, 0.2) is 0 Å². The van der Waals surface area contributed by atoms with Crippen molar-refractivity contribution in [2.75, 3.05) is 13.1 Å². The second-order valence-electron chi connectivity index (χ2n) is 5.78. The summed E-state index contributed by atoms with van der Waals surface area (Å²) in [5.74, 6) is -1.46. The lowest BCUT2D eigenvalue weighted by Gasteiger charge is -2.19. The Hall–Kier alpha value is -1.59. The lowest BCUT2D eigenvalue weighted by molar-refractivity contribution is -0.142. The largest absolute Gasteiger partial charge is 0.480 e. The van der Waals surface area contributed by atoms with Crippen molar-refractivity contribution in [2.24, 2.45) is 11.8 Å². The van der Waals surface area contributed by atoms with E-state index in [1.54, 1.807) is 4.90 Å². The molecule has 2 N–H and O–H groups in total. The van der Waals surface area contributed by atoms with Gasteiger partial charge in [-0.3, -0.25) is 9.59 Å². The predicted molar refractivity (Wildman–Crippen MR) is 74.0 cm³/mol. The summed E-state index contributed by atoms with van der Waals surface area (Å²) in [5.41, 5.74) is 0. The minimum atomic E-state index is -1.02. The standard InChI is InChI=1S/C14H24N2O4/c1-4-5-11(14(19)20)15-13(18)10-6-12(17)16(8-10)7-9(2)3/h9-11H,4-8H2,1-3H3,(H,15,18)(H,19,20)/t10?,11-/m0/s1. The fourth-order valence-electron chi connectivity index (χ4n) is 2.40. The van der Waals surface area contributed by atoms with Gasteiger partial charge in [-0.25, -0.2) is 4.79 Å². The summed E-state index contributed by atoms with van der Waals surface area (Å²) >= 11 is 0. The SMILES string of the molecule is CCC[C@H](NC(=O)C1CC(=O)N(CC(C)C)C1)C(=O)O. The van der Waals surface area contributed by atoms with Crippen LogP contribution >= 0.6 is 0 Å². The Labute approximate surface area is 119 Å². The lowest BCUT2D eigenvalue weighted by Crippen LogP contribution is -2.44. The number of carbonyl (C=O) groups excluding carboxylic acids is 2. The molecule has 0 aliphatic carbocycles. The highest BCUT2D eigenvalue weighted by Crippen LogP contribution is 2.19. The van der Waals surface area contributed by atoms with Gasteiger partial charge in [0.05, 0.1) is 5.92 Å². The third-order valence-corrected chi connectivity index (χ3v) is 3.36. The van der Waals surface area contributed by atoms with E-state index in [1.807, 2.05) is 20.8 Å². The molecule has 0 aromatic rings. The fourth-order valence-corrected chi connectivity index (χ4v) is 2.40. The van der Waals surface area contributed by atoms with E-state index in [-0.39, 0.29) is 18.2 Å². The zero-order valence-corrected chi connectivity index (χ0v) is 12.4. The van der Waals surface area contributed by atoms with E-state index in [0.29, 0.717) is 31.8 Å². The molecule has 1 heterocycles. The molecule has 0 radical (unpaired) electrons.